The van der Waals surface area contributed by atoms with E-state index in [1.165, 1.54) is 11.1 Å². The number of para-hydroxylation sites is 1. The minimum absolute atomic E-state index is 0.169. The molecule has 2 heterocycles. The highest BCUT2D eigenvalue weighted by Gasteiger charge is 2.27. The molecule has 5 heteroatoms. The highest BCUT2D eigenvalue weighted by atomic mass is 16.5. The second-order valence-electron chi connectivity index (χ2n) is 8.15. The number of hydrogen-bond acceptors (Lipinski definition) is 4. The van der Waals surface area contributed by atoms with Gasteiger partial charge < -0.3 is 9.64 Å². The first-order valence-corrected chi connectivity index (χ1v) is 10.8. The zero-order chi connectivity index (χ0) is 21.2. The minimum atomic E-state index is -0.466. The Bertz CT molecular complexity index is 1170. The van der Waals surface area contributed by atoms with Crippen LogP contribution in [-0.2, 0) is 9.53 Å². The van der Waals surface area contributed by atoms with Gasteiger partial charge in [-0.25, -0.2) is 4.79 Å². The fraction of sp³-hybridized carbons (Fsp3) is 0.269. The third-order valence-corrected chi connectivity index (χ3v) is 5.98. The molecule has 5 rings (SSSR count). The van der Waals surface area contributed by atoms with Crippen molar-refractivity contribution in [1.29, 1.82) is 0 Å². The summed E-state index contributed by atoms with van der Waals surface area (Å²) in [5.41, 5.74) is 4.66. The molecule has 1 aliphatic carbocycles. The quantitative estimate of drug-likeness (QED) is 0.576. The Balaban J connectivity index is 1.25. The number of aromatic nitrogens is 1. The number of nitrogens with zero attached hydrogens (tertiary/aromatic N) is 2. The van der Waals surface area contributed by atoms with Gasteiger partial charge in [0.15, 0.2) is 6.61 Å². The first kappa shape index (κ1) is 19.5. The number of hydrogen-bond donors (Lipinski definition) is 0. The molecule has 1 amide bonds. The molecule has 0 bridgehead atoms. The van der Waals surface area contributed by atoms with Crippen LogP contribution in [0.3, 0.4) is 0 Å². The molecule has 31 heavy (non-hydrogen) atoms. The summed E-state index contributed by atoms with van der Waals surface area (Å²) in [7, 11) is 0. The summed E-state index contributed by atoms with van der Waals surface area (Å²) >= 11 is 0. The lowest BCUT2D eigenvalue weighted by Gasteiger charge is -2.26. The normalized spacial score (nSPS) is 16.1. The van der Waals surface area contributed by atoms with Crippen LogP contribution in [0.15, 0.2) is 66.7 Å². The van der Waals surface area contributed by atoms with Gasteiger partial charge in [-0.1, -0.05) is 54.6 Å². The summed E-state index contributed by atoms with van der Waals surface area (Å²) in [6, 6.07) is 19.6. The number of pyridine rings is 1. The van der Waals surface area contributed by atoms with E-state index in [0.717, 1.165) is 35.9 Å². The van der Waals surface area contributed by atoms with E-state index in [-0.39, 0.29) is 12.5 Å². The van der Waals surface area contributed by atoms with E-state index in [1.807, 2.05) is 48.5 Å². The highest BCUT2D eigenvalue weighted by Crippen LogP contribution is 2.40. The van der Waals surface area contributed by atoms with Crippen molar-refractivity contribution in [2.75, 3.05) is 19.7 Å². The Morgan fingerprint density at radius 1 is 1.03 bits per heavy atom. The molecule has 3 aromatic rings. The maximum absolute atomic E-state index is 12.8. The van der Waals surface area contributed by atoms with Crippen molar-refractivity contribution in [3.8, 4) is 0 Å². The average Bonchev–Trinajstić information content (AvgIpc) is 3.68. The number of carbonyl (C=O) groups excluding carboxylic acids is 2. The molecule has 0 atom stereocenters. The van der Waals surface area contributed by atoms with Crippen LogP contribution in [-0.4, -0.2) is 41.5 Å². The van der Waals surface area contributed by atoms with E-state index < -0.39 is 5.97 Å². The minimum Gasteiger partial charge on any atom is -0.452 e. The number of benzene rings is 2. The van der Waals surface area contributed by atoms with E-state index >= 15 is 0 Å². The molecule has 1 aromatic heterocycles. The lowest BCUT2D eigenvalue weighted by molar-refractivity contribution is -0.134. The average molecular weight is 412 g/mol. The third kappa shape index (κ3) is 4.22. The monoisotopic (exact) mass is 412 g/mol. The Hall–Kier alpha value is -3.47. The van der Waals surface area contributed by atoms with Crippen LogP contribution in [0.25, 0.3) is 16.5 Å². The SMILES string of the molecule is O=C(OCC(=O)N1CC=C(c2ccccc2)CC1)c1cc(C2CC2)nc2ccccc12. The van der Waals surface area contributed by atoms with Crippen LogP contribution in [0, 0.1) is 0 Å². The van der Waals surface area contributed by atoms with Crippen molar-refractivity contribution >= 4 is 28.4 Å². The van der Waals surface area contributed by atoms with Gasteiger partial charge in [-0.05, 0) is 42.5 Å². The summed E-state index contributed by atoms with van der Waals surface area (Å²) in [5.74, 6) is -0.208. The molecule has 0 saturated heterocycles. The molecule has 1 saturated carbocycles. The molecule has 1 aliphatic heterocycles. The molecule has 2 aliphatic rings. The molecule has 156 valence electrons. The number of amides is 1. The van der Waals surface area contributed by atoms with Gasteiger partial charge >= 0.3 is 5.97 Å². The van der Waals surface area contributed by atoms with Crippen molar-refractivity contribution in [3.63, 3.8) is 0 Å². The lowest BCUT2D eigenvalue weighted by atomic mass is 10.00. The smallest absolute Gasteiger partial charge is 0.339 e. The summed E-state index contributed by atoms with van der Waals surface area (Å²) in [4.78, 5) is 31.9. The van der Waals surface area contributed by atoms with Crippen molar-refractivity contribution in [1.82, 2.24) is 9.88 Å². The van der Waals surface area contributed by atoms with Crippen LogP contribution in [0.5, 0.6) is 0 Å². The predicted molar refractivity (Wildman–Crippen MR) is 120 cm³/mol. The van der Waals surface area contributed by atoms with Crippen LogP contribution in [0.4, 0.5) is 0 Å². The van der Waals surface area contributed by atoms with Crippen LogP contribution >= 0.6 is 0 Å². The molecule has 5 nitrogen and oxygen atoms in total. The number of ether oxygens (including phenoxy) is 1. The fourth-order valence-electron chi connectivity index (χ4n) is 4.06. The highest BCUT2D eigenvalue weighted by molar-refractivity contribution is 6.04. The van der Waals surface area contributed by atoms with Crippen LogP contribution in [0.2, 0.25) is 0 Å². The van der Waals surface area contributed by atoms with E-state index in [2.05, 4.69) is 18.2 Å². The number of rotatable bonds is 5. The van der Waals surface area contributed by atoms with Gasteiger partial charge in [0.1, 0.15) is 0 Å². The fourth-order valence-corrected chi connectivity index (χ4v) is 4.06. The van der Waals surface area contributed by atoms with E-state index in [0.29, 0.717) is 24.6 Å². The molecule has 1 fully saturated rings. The van der Waals surface area contributed by atoms with Gasteiger partial charge in [0.25, 0.3) is 5.91 Å². The molecule has 0 N–H and O–H groups in total. The Morgan fingerprint density at radius 3 is 2.55 bits per heavy atom. The van der Waals surface area contributed by atoms with Gasteiger partial charge in [-0.15, -0.1) is 0 Å². The standard InChI is InChI=1S/C26H24N2O3/c29-25(28-14-12-19(13-15-28)18-6-2-1-3-7-18)17-31-26(30)22-16-24(20-10-11-20)27-23-9-5-4-8-21(22)23/h1-9,12,16,20H,10-11,13-15,17H2. The van der Waals surface area contributed by atoms with E-state index in [9.17, 15) is 9.59 Å². The summed E-state index contributed by atoms with van der Waals surface area (Å²) in [6.45, 7) is 0.911. The summed E-state index contributed by atoms with van der Waals surface area (Å²) in [5, 5.41) is 0.762. The molecule has 2 aromatic carbocycles. The van der Waals surface area contributed by atoms with Crippen molar-refractivity contribution < 1.29 is 14.3 Å². The van der Waals surface area contributed by atoms with E-state index in [4.69, 9.17) is 9.72 Å². The van der Waals surface area contributed by atoms with Crippen molar-refractivity contribution in [2.24, 2.45) is 0 Å². The number of carbonyl (C=O) groups is 2. The molecule has 0 unspecified atom stereocenters. The van der Waals surface area contributed by atoms with Crippen LogP contribution < -0.4 is 0 Å². The zero-order valence-corrected chi connectivity index (χ0v) is 17.3. The van der Waals surface area contributed by atoms with Gasteiger partial charge in [-0.3, -0.25) is 9.78 Å². The number of esters is 1. The maximum atomic E-state index is 12.8. The maximum Gasteiger partial charge on any atom is 0.339 e. The first-order chi connectivity index (χ1) is 15.2. The second-order valence-corrected chi connectivity index (χ2v) is 8.15. The van der Waals surface area contributed by atoms with Gasteiger partial charge in [0, 0.05) is 30.1 Å². The molecule has 0 radical (unpaired) electrons. The largest absolute Gasteiger partial charge is 0.452 e. The zero-order valence-electron chi connectivity index (χ0n) is 17.3. The van der Waals surface area contributed by atoms with Gasteiger partial charge in [0.05, 0.1) is 11.1 Å². The van der Waals surface area contributed by atoms with Gasteiger partial charge in [-0.2, -0.15) is 0 Å². The first-order valence-electron chi connectivity index (χ1n) is 10.8. The van der Waals surface area contributed by atoms with Gasteiger partial charge in [0.2, 0.25) is 0 Å². The van der Waals surface area contributed by atoms with Crippen molar-refractivity contribution in [3.05, 3.63) is 83.6 Å². The number of fused-ring (bicyclic) bond motifs is 1. The van der Waals surface area contributed by atoms with Crippen molar-refractivity contribution in [2.45, 2.75) is 25.2 Å². The third-order valence-electron chi connectivity index (χ3n) is 5.98. The Kier molecular flexibility index (Phi) is 5.24. The summed E-state index contributed by atoms with van der Waals surface area (Å²) < 4.78 is 5.44. The Morgan fingerprint density at radius 2 is 1.81 bits per heavy atom. The topological polar surface area (TPSA) is 59.5 Å². The molecular weight excluding hydrogens is 388 g/mol. The predicted octanol–water partition coefficient (Wildman–Crippen LogP) is 4.58. The molecule has 0 spiro atoms. The second kappa shape index (κ2) is 8.34. The lowest BCUT2D eigenvalue weighted by Crippen LogP contribution is -2.37. The van der Waals surface area contributed by atoms with E-state index in [1.54, 1.807) is 4.90 Å². The summed E-state index contributed by atoms with van der Waals surface area (Å²) in [6.07, 6.45) is 5.08. The van der Waals surface area contributed by atoms with Crippen LogP contribution in [0.1, 0.15) is 46.8 Å². The Labute approximate surface area is 181 Å². The molecular formula is C26H24N2O3.